The molecule has 3 aliphatic rings. The fourth-order valence-corrected chi connectivity index (χ4v) is 3.92. The lowest BCUT2D eigenvalue weighted by Gasteiger charge is -2.21. The lowest BCUT2D eigenvalue weighted by molar-refractivity contribution is -0.124. The molecule has 2 atom stereocenters. The normalized spacial score (nSPS) is 26.3. The number of nitrogens with zero attached hydrogens (tertiary/aromatic N) is 6. The van der Waals surface area contributed by atoms with Gasteiger partial charge in [-0.1, -0.05) is 0 Å². The van der Waals surface area contributed by atoms with E-state index in [1.165, 1.54) is 10.7 Å². The Labute approximate surface area is 164 Å². The molecule has 0 aromatic carbocycles. The molecule has 5 rings (SSSR count). The topological polar surface area (TPSA) is 95.7 Å². The van der Waals surface area contributed by atoms with E-state index in [2.05, 4.69) is 20.4 Å². The van der Waals surface area contributed by atoms with Gasteiger partial charge in [0.15, 0.2) is 5.65 Å². The minimum Gasteiger partial charge on any atom is -0.338 e. The largest absolute Gasteiger partial charge is 0.338 e. The third-order valence-corrected chi connectivity index (χ3v) is 5.42. The Morgan fingerprint density at radius 1 is 1.07 bits per heavy atom. The third kappa shape index (κ3) is 3.19. The van der Waals surface area contributed by atoms with Crippen molar-refractivity contribution >= 4 is 35.4 Å². The highest BCUT2D eigenvalue weighted by molar-refractivity contribution is 6.15. The van der Waals surface area contributed by atoms with Gasteiger partial charge < -0.3 is 9.80 Å². The quantitative estimate of drug-likeness (QED) is 0.594. The van der Waals surface area contributed by atoms with Crippen LogP contribution in [-0.4, -0.2) is 69.9 Å². The zero-order valence-corrected chi connectivity index (χ0v) is 15.5. The van der Waals surface area contributed by atoms with Crippen molar-refractivity contribution in [1.29, 1.82) is 0 Å². The predicted octanol–water partition coefficient (Wildman–Crippen LogP) is 0.651. The van der Waals surface area contributed by atoms with Crippen molar-refractivity contribution in [3.63, 3.8) is 0 Å². The maximum Gasteiger partial charge on any atom is 0.254 e. The summed E-state index contributed by atoms with van der Waals surface area (Å²) in [6, 6.07) is 0. The second-order valence-electron chi connectivity index (χ2n) is 7.55. The van der Waals surface area contributed by atoms with Gasteiger partial charge in [-0.05, 0) is 18.9 Å². The Morgan fingerprint density at radius 3 is 2.41 bits per heavy atom. The predicted molar refractivity (Wildman–Crippen MR) is 100.0 cm³/mol. The molecule has 152 valence electrons. The molecule has 29 heavy (non-hydrogen) atoms. The van der Waals surface area contributed by atoms with E-state index in [9.17, 15) is 18.4 Å². The van der Waals surface area contributed by atoms with Crippen LogP contribution in [0.4, 0.5) is 20.7 Å². The van der Waals surface area contributed by atoms with Gasteiger partial charge in [-0.2, -0.15) is 19.6 Å². The van der Waals surface area contributed by atoms with E-state index in [1.807, 2.05) is 0 Å². The number of fused-ring (bicyclic) bond motifs is 1. The minimum absolute atomic E-state index is 0.00766. The van der Waals surface area contributed by atoms with E-state index in [0.717, 1.165) is 0 Å². The van der Waals surface area contributed by atoms with Crippen molar-refractivity contribution in [2.45, 2.75) is 31.6 Å². The first kappa shape index (κ1) is 18.0. The molecule has 9 nitrogen and oxygen atoms in total. The maximum absolute atomic E-state index is 13.8. The summed E-state index contributed by atoms with van der Waals surface area (Å²) in [4.78, 5) is 36.0. The highest BCUT2D eigenvalue weighted by atomic mass is 19.1. The molecule has 1 N–H and O–H groups in total. The summed E-state index contributed by atoms with van der Waals surface area (Å²) in [6.45, 7) is 1.38. The van der Waals surface area contributed by atoms with Crippen LogP contribution in [-0.2, 0) is 9.59 Å². The van der Waals surface area contributed by atoms with Crippen molar-refractivity contribution in [3.05, 3.63) is 17.3 Å². The number of nitrogens with one attached hydrogen (secondary N) is 1. The van der Waals surface area contributed by atoms with E-state index in [0.29, 0.717) is 54.6 Å². The molecule has 2 unspecified atom stereocenters. The molecule has 0 bridgehead atoms. The van der Waals surface area contributed by atoms with Crippen LogP contribution in [0.1, 0.15) is 24.8 Å². The third-order valence-electron chi connectivity index (χ3n) is 5.42. The average molecular weight is 403 g/mol. The lowest BCUT2D eigenvalue weighted by Crippen LogP contribution is -2.28. The zero-order valence-electron chi connectivity index (χ0n) is 15.5. The number of anilines is 2. The number of carbonyl (C=O) groups is 2. The van der Waals surface area contributed by atoms with Gasteiger partial charge >= 0.3 is 0 Å². The fraction of sp³-hybridized carbons (Fsp3) is 0.500. The number of imide groups is 1. The smallest absolute Gasteiger partial charge is 0.254 e. The van der Waals surface area contributed by atoms with Gasteiger partial charge in [0.2, 0.25) is 17.8 Å². The van der Waals surface area contributed by atoms with Crippen LogP contribution < -0.4 is 15.1 Å². The lowest BCUT2D eigenvalue weighted by atomic mass is 10.1. The van der Waals surface area contributed by atoms with Crippen LogP contribution in [0, 0.1) is 0 Å². The number of hydrogen-bond donors (Lipinski definition) is 1. The average Bonchev–Trinajstić information content (AvgIpc) is 3.45. The molecule has 2 aromatic rings. The van der Waals surface area contributed by atoms with Crippen LogP contribution in [0.15, 0.2) is 11.8 Å². The van der Waals surface area contributed by atoms with E-state index in [4.69, 9.17) is 0 Å². The Kier molecular flexibility index (Phi) is 4.18. The van der Waals surface area contributed by atoms with Crippen LogP contribution in [0.3, 0.4) is 0 Å². The zero-order chi connectivity index (χ0) is 20.1. The van der Waals surface area contributed by atoms with Crippen LogP contribution in [0.2, 0.25) is 0 Å². The summed E-state index contributed by atoms with van der Waals surface area (Å²) in [5.74, 6) is -0.0135. The highest BCUT2D eigenvalue weighted by Crippen LogP contribution is 2.27. The molecule has 3 aliphatic heterocycles. The van der Waals surface area contributed by atoms with Crippen LogP contribution >= 0.6 is 0 Å². The summed E-state index contributed by atoms with van der Waals surface area (Å²) in [6.07, 6.45) is 2.01. The van der Waals surface area contributed by atoms with Gasteiger partial charge in [0.1, 0.15) is 12.3 Å². The number of aromatic nitrogens is 4. The summed E-state index contributed by atoms with van der Waals surface area (Å²) >= 11 is 0. The van der Waals surface area contributed by atoms with Gasteiger partial charge in [-0.15, -0.1) is 0 Å². The molecule has 3 fully saturated rings. The first-order valence-electron chi connectivity index (χ1n) is 9.56. The van der Waals surface area contributed by atoms with Gasteiger partial charge in [-0.25, -0.2) is 8.78 Å². The molecule has 0 spiro atoms. The summed E-state index contributed by atoms with van der Waals surface area (Å²) in [5, 5.41) is 6.57. The Bertz CT molecular complexity index is 1040. The fourth-order valence-electron chi connectivity index (χ4n) is 3.92. The maximum atomic E-state index is 13.8. The number of alkyl halides is 2. The van der Waals surface area contributed by atoms with Crippen LogP contribution in [0.5, 0.6) is 0 Å². The van der Waals surface area contributed by atoms with Gasteiger partial charge in [0.25, 0.3) is 5.91 Å². The summed E-state index contributed by atoms with van der Waals surface area (Å²) < 4.78 is 29.0. The molecule has 0 saturated carbocycles. The van der Waals surface area contributed by atoms with E-state index in [1.54, 1.807) is 15.9 Å². The van der Waals surface area contributed by atoms with E-state index >= 15 is 0 Å². The molecular weight excluding hydrogens is 384 g/mol. The summed E-state index contributed by atoms with van der Waals surface area (Å²) in [7, 11) is 0. The van der Waals surface area contributed by atoms with Crippen molar-refractivity contribution in [3.8, 4) is 0 Å². The van der Waals surface area contributed by atoms with Gasteiger partial charge in [-0.3, -0.25) is 14.9 Å². The second kappa shape index (κ2) is 6.75. The first-order valence-corrected chi connectivity index (χ1v) is 9.56. The highest BCUT2D eigenvalue weighted by Gasteiger charge is 2.30. The number of amides is 2. The number of halogens is 2. The Morgan fingerprint density at radius 2 is 1.79 bits per heavy atom. The van der Waals surface area contributed by atoms with E-state index < -0.39 is 18.3 Å². The van der Waals surface area contributed by atoms with Crippen molar-refractivity contribution in [2.24, 2.45) is 0 Å². The molecule has 2 aromatic heterocycles. The molecule has 0 radical (unpaired) electrons. The number of carbonyl (C=O) groups excluding carboxylic acids is 2. The number of rotatable bonds is 3. The monoisotopic (exact) mass is 403 g/mol. The van der Waals surface area contributed by atoms with Crippen LogP contribution in [0.25, 0.3) is 11.7 Å². The first-order chi connectivity index (χ1) is 14.0. The molecule has 2 amide bonds. The second-order valence-corrected chi connectivity index (χ2v) is 7.55. The molecule has 0 aliphatic carbocycles. The standard InChI is InChI=1S/C18H19F2N7O2/c19-12-1-3-25(8-12)17-23-15-11(5-10-6-14(28)22-16(10)29)7-21-27(15)18(24-17)26-4-2-13(20)9-26/h5,7,12-13H,1-4,6,8-9H2,(H,22,28,29). The van der Waals surface area contributed by atoms with Gasteiger partial charge in [0, 0.05) is 24.2 Å². The van der Waals surface area contributed by atoms with Gasteiger partial charge in [0.05, 0.1) is 25.7 Å². The SMILES string of the molecule is O=C1CC(=Cc2cnn3c(N4CCC(F)C4)nc(N4CCC(F)C4)nc23)C(=O)N1. The summed E-state index contributed by atoms with van der Waals surface area (Å²) in [5.41, 5.74) is 1.29. The molecule has 5 heterocycles. The van der Waals surface area contributed by atoms with E-state index in [-0.39, 0.29) is 25.4 Å². The molecule has 3 saturated heterocycles. The molecular formula is C18H19F2N7O2. The minimum atomic E-state index is -0.948. The number of hydrogen-bond acceptors (Lipinski definition) is 7. The molecule has 11 heteroatoms. The Balaban J connectivity index is 1.62. The van der Waals surface area contributed by atoms with Crippen molar-refractivity contribution in [1.82, 2.24) is 24.9 Å². The van der Waals surface area contributed by atoms with Crippen molar-refractivity contribution < 1.29 is 18.4 Å². The van der Waals surface area contributed by atoms with Crippen molar-refractivity contribution in [2.75, 3.05) is 36.0 Å². The Hall–Kier alpha value is -3.11.